The molecule has 3 aromatic carbocycles. The van der Waals surface area contributed by atoms with Gasteiger partial charge in [0.15, 0.2) is 5.75 Å². The van der Waals surface area contributed by atoms with Crippen molar-refractivity contribution >= 4 is 28.8 Å². The van der Waals surface area contributed by atoms with Crippen molar-refractivity contribution in [2.75, 3.05) is 29.2 Å². The van der Waals surface area contributed by atoms with Crippen LogP contribution in [0.25, 0.3) is 0 Å². The number of fused-ring (bicyclic) bond motifs is 1. The number of rotatable bonds is 5. The number of carbonyl (C=O) groups excluding carboxylic acids is 1. The lowest BCUT2D eigenvalue weighted by molar-refractivity contribution is -0.385. The number of nitrogens with zero attached hydrogens (tertiary/aromatic N) is 2. The van der Waals surface area contributed by atoms with E-state index in [0.717, 1.165) is 34.6 Å². The molecule has 0 aliphatic carbocycles. The van der Waals surface area contributed by atoms with Crippen molar-refractivity contribution in [3.05, 3.63) is 88.0 Å². The Labute approximate surface area is 179 Å². The van der Waals surface area contributed by atoms with E-state index in [1.165, 1.54) is 13.2 Å². The van der Waals surface area contributed by atoms with Crippen molar-refractivity contribution in [3.8, 4) is 5.75 Å². The van der Waals surface area contributed by atoms with Gasteiger partial charge >= 0.3 is 11.7 Å². The third-order valence-corrected chi connectivity index (χ3v) is 5.27. The first-order valence-corrected chi connectivity index (χ1v) is 9.86. The molecule has 2 N–H and O–H groups in total. The molecule has 0 atom stereocenters. The molecule has 0 spiro atoms. The van der Waals surface area contributed by atoms with Crippen molar-refractivity contribution in [2.24, 2.45) is 0 Å². The number of nitro benzene ring substituents is 1. The van der Waals surface area contributed by atoms with E-state index in [-0.39, 0.29) is 17.5 Å². The number of hydrogen-bond donors (Lipinski definition) is 2. The van der Waals surface area contributed by atoms with E-state index in [1.807, 2.05) is 48.5 Å². The van der Waals surface area contributed by atoms with Crippen LogP contribution in [0.2, 0.25) is 0 Å². The number of nitrogens with one attached hydrogen (secondary N) is 2. The number of anilines is 3. The number of methoxy groups -OCH3 is 1. The third kappa shape index (κ3) is 4.42. The Kier molecular flexibility index (Phi) is 5.70. The Morgan fingerprint density at radius 2 is 1.87 bits per heavy atom. The highest BCUT2D eigenvalue weighted by atomic mass is 16.6. The molecule has 0 saturated carbocycles. The minimum absolute atomic E-state index is 0.0559. The standard InChI is InChI=1S/C23H22N4O4/c1-31-22-14-18(10-11-21(22)27(29)30)26-13-12-19-16(15-26)6-5-9-20(19)25-23(28)24-17-7-3-2-4-8-17/h2-11,14H,12-13,15H2,1H3,(H2,24,25,28). The summed E-state index contributed by atoms with van der Waals surface area (Å²) in [5.41, 5.74) is 4.50. The summed E-state index contributed by atoms with van der Waals surface area (Å²) >= 11 is 0. The van der Waals surface area contributed by atoms with E-state index in [1.54, 1.807) is 12.1 Å². The number of carbonyl (C=O) groups is 1. The van der Waals surface area contributed by atoms with Gasteiger partial charge in [0.25, 0.3) is 0 Å². The molecule has 0 radical (unpaired) electrons. The Morgan fingerprint density at radius 1 is 1.06 bits per heavy atom. The Balaban J connectivity index is 1.51. The predicted molar refractivity (Wildman–Crippen MR) is 120 cm³/mol. The van der Waals surface area contributed by atoms with E-state index < -0.39 is 4.92 Å². The Bertz CT molecular complexity index is 1120. The molecule has 1 aliphatic rings. The fourth-order valence-corrected chi connectivity index (χ4v) is 3.77. The summed E-state index contributed by atoms with van der Waals surface area (Å²) in [6, 6.07) is 19.7. The lowest BCUT2D eigenvalue weighted by Gasteiger charge is -2.32. The van der Waals surface area contributed by atoms with Crippen LogP contribution in [0, 0.1) is 10.1 Å². The minimum atomic E-state index is -0.452. The quantitative estimate of drug-likeness (QED) is 0.458. The zero-order chi connectivity index (χ0) is 21.8. The van der Waals surface area contributed by atoms with Gasteiger partial charge in [0, 0.05) is 42.3 Å². The second-order valence-corrected chi connectivity index (χ2v) is 7.17. The summed E-state index contributed by atoms with van der Waals surface area (Å²) < 4.78 is 5.20. The van der Waals surface area contributed by atoms with Crippen LogP contribution in [-0.4, -0.2) is 24.6 Å². The van der Waals surface area contributed by atoms with E-state index >= 15 is 0 Å². The molecule has 3 aromatic rings. The number of hydrogen-bond acceptors (Lipinski definition) is 5. The molecular weight excluding hydrogens is 396 g/mol. The van der Waals surface area contributed by atoms with Crippen LogP contribution in [0.5, 0.6) is 5.75 Å². The highest BCUT2D eigenvalue weighted by Gasteiger charge is 2.22. The van der Waals surface area contributed by atoms with Crippen LogP contribution >= 0.6 is 0 Å². The molecule has 8 heteroatoms. The first-order chi connectivity index (χ1) is 15.0. The average Bonchev–Trinajstić information content (AvgIpc) is 2.79. The predicted octanol–water partition coefficient (Wildman–Crippen LogP) is 4.81. The van der Waals surface area contributed by atoms with E-state index in [0.29, 0.717) is 13.1 Å². The van der Waals surface area contributed by atoms with Crippen LogP contribution in [0.3, 0.4) is 0 Å². The van der Waals surface area contributed by atoms with Gasteiger partial charge in [-0.25, -0.2) is 4.79 Å². The molecule has 158 valence electrons. The van der Waals surface area contributed by atoms with Crippen molar-refractivity contribution in [2.45, 2.75) is 13.0 Å². The molecule has 1 aliphatic heterocycles. The van der Waals surface area contributed by atoms with Gasteiger partial charge < -0.3 is 20.3 Å². The highest BCUT2D eigenvalue weighted by Crippen LogP contribution is 2.34. The largest absolute Gasteiger partial charge is 0.490 e. The normalized spacial score (nSPS) is 12.6. The molecule has 0 bridgehead atoms. The van der Waals surface area contributed by atoms with Gasteiger partial charge in [-0.3, -0.25) is 10.1 Å². The molecule has 31 heavy (non-hydrogen) atoms. The van der Waals surface area contributed by atoms with Gasteiger partial charge in [0.1, 0.15) is 0 Å². The molecule has 2 amide bonds. The molecule has 1 heterocycles. The molecule has 0 unspecified atom stereocenters. The Morgan fingerprint density at radius 3 is 2.61 bits per heavy atom. The van der Waals surface area contributed by atoms with Gasteiger partial charge in [0.2, 0.25) is 0 Å². The van der Waals surface area contributed by atoms with Crippen molar-refractivity contribution in [3.63, 3.8) is 0 Å². The summed E-state index contributed by atoms with van der Waals surface area (Å²) in [5.74, 6) is 0.237. The SMILES string of the molecule is COc1cc(N2CCc3c(cccc3NC(=O)Nc3ccccc3)C2)ccc1[N+](=O)[O-]. The van der Waals surface area contributed by atoms with Crippen molar-refractivity contribution < 1.29 is 14.5 Å². The van der Waals surface area contributed by atoms with Crippen LogP contribution in [0.4, 0.5) is 27.5 Å². The van der Waals surface area contributed by atoms with Gasteiger partial charge in [-0.2, -0.15) is 0 Å². The molecular formula is C23H22N4O4. The maximum atomic E-state index is 12.4. The molecule has 8 nitrogen and oxygen atoms in total. The fraction of sp³-hybridized carbons (Fsp3) is 0.174. The maximum absolute atomic E-state index is 12.4. The average molecular weight is 418 g/mol. The second kappa shape index (κ2) is 8.74. The van der Waals surface area contributed by atoms with Crippen LogP contribution in [0.1, 0.15) is 11.1 Å². The van der Waals surface area contributed by atoms with E-state index in [2.05, 4.69) is 15.5 Å². The molecule has 0 saturated heterocycles. The number of urea groups is 1. The topological polar surface area (TPSA) is 96.7 Å². The highest BCUT2D eigenvalue weighted by molar-refractivity contribution is 6.00. The number of para-hydroxylation sites is 1. The first-order valence-electron chi connectivity index (χ1n) is 9.86. The van der Waals surface area contributed by atoms with Gasteiger partial charge in [-0.05, 0) is 41.8 Å². The Hall–Kier alpha value is -4.07. The van der Waals surface area contributed by atoms with Gasteiger partial charge in [0.05, 0.1) is 12.0 Å². The first kappa shape index (κ1) is 20.2. The number of ether oxygens (including phenoxy) is 1. The third-order valence-electron chi connectivity index (χ3n) is 5.27. The number of benzene rings is 3. The summed E-state index contributed by atoms with van der Waals surface area (Å²) in [6.07, 6.45) is 0.733. The van der Waals surface area contributed by atoms with E-state index in [4.69, 9.17) is 4.74 Å². The molecule has 0 fully saturated rings. The van der Waals surface area contributed by atoms with Crippen LogP contribution < -0.4 is 20.3 Å². The number of amides is 2. The summed E-state index contributed by atoms with van der Waals surface area (Å²) in [5, 5.41) is 16.9. The van der Waals surface area contributed by atoms with Gasteiger partial charge in [-0.1, -0.05) is 30.3 Å². The van der Waals surface area contributed by atoms with Gasteiger partial charge in [-0.15, -0.1) is 0 Å². The fourth-order valence-electron chi connectivity index (χ4n) is 3.77. The summed E-state index contributed by atoms with van der Waals surface area (Å²) in [7, 11) is 1.43. The molecule has 4 rings (SSSR count). The zero-order valence-corrected chi connectivity index (χ0v) is 17.0. The minimum Gasteiger partial charge on any atom is -0.490 e. The second-order valence-electron chi connectivity index (χ2n) is 7.17. The molecule has 0 aromatic heterocycles. The van der Waals surface area contributed by atoms with Crippen molar-refractivity contribution in [1.82, 2.24) is 0 Å². The van der Waals surface area contributed by atoms with E-state index in [9.17, 15) is 14.9 Å². The van der Waals surface area contributed by atoms with Crippen LogP contribution in [-0.2, 0) is 13.0 Å². The monoisotopic (exact) mass is 418 g/mol. The lowest BCUT2D eigenvalue weighted by Crippen LogP contribution is -2.31. The summed E-state index contributed by atoms with van der Waals surface area (Å²) in [6.45, 7) is 1.35. The number of nitro groups is 1. The summed E-state index contributed by atoms with van der Waals surface area (Å²) in [4.78, 5) is 25.2. The lowest BCUT2D eigenvalue weighted by atomic mass is 9.97. The van der Waals surface area contributed by atoms with Crippen molar-refractivity contribution in [1.29, 1.82) is 0 Å². The maximum Gasteiger partial charge on any atom is 0.323 e. The smallest absolute Gasteiger partial charge is 0.323 e. The zero-order valence-electron chi connectivity index (χ0n) is 17.0. The van der Waals surface area contributed by atoms with Crippen LogP contribution in [0.15, 0.2) is 66.7 Å².